The lowest BCUT2D eigenvalue weighted by atomic mass is 10.2. The standard InChI is InChI=1S/C20H34N6.HI/c1-16(2)26(17(3)4)14-8-11-22-20(21-5)23-12-10-18-15-25-13-7-6-9-19(25)24-18;/h6-7,9,13,15-17H,8,10-12,14H2,1-5H3,(H2,21,22,23);1H. The van der Waals surface area contributed by atoms with Crippen LogP contribution in [0.2, 0.25) is 0 Å². The largest absolute Gasteiger partial charge is 0.356 e. The summed E-state index contributed by atoms with van der Waals surface area (Å²) in [4.78, 5) is 11.4. The van der Waals surface area contributed by atoms with Crippen molar-refractivity contribution >= 4 is 35.6 Å². The van der Waals surface area contributed by atoms with Gasteiger partial charge in [0.15, 0.2) is 5.96 Å². The topological polar surface area (TPSA) is 57.0 Å². The Morgan fingerprint density at radius 2 is 1.85 bits per heavy atom. The van der Waals surface area contributed by atoms with Gasteiger partial charge in [-0.25, -0.2) is 4.98 Å². The van der Waals surface area contributed by atoms with Crippen LogP contribution in [0.4, 0.5) is 0 Å². The summed E-state index contributed by atoms with van der Waals surface area (Å²) in [5.41, 5.74) is 2.08. The van der Waals surface area contributed by atoms with Crippen molar-refractivity contribution in [1.82, 2.24) is 24.9 Å². The molecular formula is C20H35IN6. The molecule has 0 aliphatic heterocycles. The van der Waals surface area contributed by atoms with Gasteiger partial charge in [-0.05, 0) is 46.2 Å². The summed E-state index contributed by atoms with van der Waals surface area (Å²) in [5.74, 6) is 0.856. The van der Waals surface area contributed by atoms with Crippen molar-refractivity contribution in [2.75, 3.05) is 26.7 Å². The molecule has 2 rings (SSSR count). The Hall–Kier alpha value is -1.35. The Morgan fingerprint density at radius 1 is 1.15 bits per heavy atom. The Balaban J connectivity index is 0.00000364. The summed E-state index contributed by atoms with van der Waals surface area (Å²) in [7, 11) is 1.81. The molecule has 2 aromatic rings. The normalized spacial score (nSPS) is 12.1. The number of nitrogens with one attached hydrogen (secondary N) is 2. The zero-order valence-corrected chi connectivity index (χ0v) is 19.6. The highest BCUT2D eigenvalue weighted by Crippen LogP contribution is 2.05. The molecule has 0 aliphatic carbocycles. The third-order valence-electron chi connectivity index (χ3n) is 4.52. The van der Waals surface area contributed by atoms with Gasteiger partial charge in [0.05, 0.1) is 5.69 Å². The third-order valence-corrected chi connectivity index (χ3v) is 4.52. The maximum Gasteiger partial charge on any atom is 0.190 e. The fraction of sp³-hybridized carbons (Fsp3) is 0.600. The number of hydrogen-bond donors (Lipinski definition) is 2. The molecule has 0 amide bonds. The van der Waals surface area contributed by atoms with E-state index in [0.717, 1.165) is 49.8 Å². The van der Waals surface area contributed by atoms with Crippen LogP contribution in [0.1, 0.15) is 39.8 Å². The number of fused-ring (bicyclic) bond motifs is 1. The molecule has 0 unspecified atom stereocenters. The van der Waals surface area contributed by atoms with E-state index in [4.69, 9.17) is 0 Å². The first kappa shape index (κ1) is 23.7. The molecule has 0 atom stereocenters. The number of rotatable bonds is 9. The molecule has 0 saturated heterocycles. The van der Waals surface area contributed by atoms with Crippen LogP contribution in [0.15, 0.2) is 35.6 Å². The van der Waals surface area contributed by atoms with E-state index in [1.165, 1.54) is 0 Å². The van der Waals surface area contributed by atoms with Crippen molar-refractivity contribution < 1.29 is 0 Å². The van der Waals surface area contributed by atoms with Crippen molar-refractivity contribution in [2.45, 2.75) is 52.6 Å². The second-order valence-corrected chi connectivity index (χ2v) is 7.15. The minimum atomic E-state index is 0. The fourth-order valence-corrected chi connectivity index (χ4v) is 3.22. The average Bonchev–Trinajstić information content (AvgIpc) is 3.02. The first-order chi connectivity index (χ1) is 12.5. The van der Waals surface area contributed by atoms with Crippen LogP contribution in [0.3, 0.4) is 0 Å². The van der Waals surface area contributed by atoms with Gasteiger partial charge in [0.1, 0.15) is 5.65 Å². The van der Waals surface area contributed by atoms with Crippen molar-refractivity contribution in [3.63, 3.8) is 0 Å². The Morgan fingerprint density at radius 3 is 2.48 bits per heavy atom. The van der Waals surface area contributed by atoms with Gasteiger partial charge in [0, 0.05) is 57.6 Å². The van der Waals surface area contributed by atoms with E-state index < -0.39 is 0 Å². The van der Waals surface area contributed by atoms with E-state index in [0.29, 0.717) is 12.1 Å². The van der Waals surface area contributed by atoms with Gasteiger partial charge < -0.3 is 15.0 Å². The molecule has 2 heterocycles. The predicted octanol–water partition coefficient (Wildman–Crippen LogP) is 3.17. The number of guanidine groups is 1. The lowest BCUT2D eigenvalue weighted by Gasteiger charge is -2.30. The predicted molar refractivity (Wildman–Crippen MR) is 125 cm³/mol. The molecule has 0 saturated carbocycles. The summed E-state index contributed by atoms with van der Waals surface area (Å²) in [6.07, 6.45) is 6.08. The molecule has 2 N–H and O–H groups in total. The maximum absolute atomic E-state index is 4.62. The maximum atomic E-state index is 4.62. The van der Waals surface area contributed by atoms with Gasteiger partial charge in [-0.1, -0.05) is 6.07 Å². The molecule has 0 fully saturated rings. The Labute approximate surface area is 180 Å². The number of halogens is 1. The second kappa shape index (κ2) is 12.2. The monoisotopic (exact) mass is 486 g/mol. The minimum Gasteiger partial charge on any atom is -0.356 e. The van der Waals surface area contributed by atoms with Crippen LogP contribution < -0.4 is 10.6 Å². The van der Waals surface area contributed by atoms with Crippen molar-refractivity contribution in [1.29, 1.82) is 0 Å². The zero-order valence-electron chi connectivity index (χ0n) is 17.3. The van der Waals surface area contributed by atoms with Crippen LogP contribution in [0, 0.1) is 0 Å². The quantitative estimate of drug-likeness (QED) is 0.248. The minimum absolute atomic E-state index is 0. The molecular weight excluding hydrogens is 451 g/mol. The number of pyridine rings is 1. The third kappa shape index (κ3) is 7.65. The molecule has 0 aromatic carbocycles. The second-order valence-electron chi connectivity index (χ2n) is 7.15. The van der Waals surface area contributed by atoms with Gasteiger partial charge in [-0.2, -0.15) is 0 Å². The van der Waals surface area contributed by atoms with E-state index in [1.54, 1.807) is 0 Å². The molecule has 0 aliphatic rings. The molecule has 6 nitrogen and oxygen atoms in total. The van der Waals surface area contributed by atoms with Crippen LogP contribution in [-0.2, 0) is 6.42 Å². The first-order valence-corrected chi connectivity index (χ1v) is 9.64. The van der Waals surface area contributed by atoms with Gasteiger partial charge >= 0.3 is 0 Å². The van der Waals surface area contributed by atoms with Crippen LogP contribution >= 0.6 is 24.0 Å². The van der Waals surface area contributed by atoms with Gasteiger partial charge in [-0.3, -0.25) is 9.89 Å². The SMILES string of the molecule is CN=C(NCCCN(C(C)C)C(C)C)NCCc1cn2ccccc2n1.I. The summed E-state index contributed by atoms with van der Waals surface area (Å²) in [6, 6.07) is 7.21. The Kier molecular flexibility index (Phi) is 10.7. The summed E-state index contributed by atoms with van der Waals surface area (Å²) < 4.78 is 2.05. The lowest BCUT2D eigenvalue weighted by Crippen LogP contribution is -2.41. The lowest BCUT2D eigenvalue weighted by molar-refractivity contribution is 0.173. The van der Waals surface area contributed by atoms with E-state index in [1.807, 2.05) is 31.4 Å². The van der Waals surface area contributed by atoms with Crippen molar-refractivity contribution in [3.05, 3.63) is 36.3 Å². The summed E-state index contributed by atoms with van der Waals surface area (Å²) >= 11 is 0. The summed E-state index contributed by atoms with van der Waals surface area (Å²) in [5, 5.41) is 6.77. The van der Waals surface area contributed by atoms with Crippen LogP contribution in [0.25, 0.3) is 5.65 Å². The number of aromatic nitrogens is 2. The smallest absolute Gasteiger partial charge is 0.190 e. The first-order valence-electron chi connectivity index (χ1n) is 9.64. The van der Waals surface area contributed by atoms with Gasteiger partial charge in [0.2, 0.25) is 0 Å². The van der Waals surface area contributed by atoms with E-state index in [9.17, 15) is 0 Å². The van der Waals surface area contributed by atoms with Crippen LogP contribution in [-0.4, -0.2) is 59.0 Å². The number of hydrogen-bond acceptors (Lipinski definition) is 3. The van der Waals surface area contributed by atoms with Crippen molar-refractivity contribution in [2.24, 2.45) is 4.99 Å². The van der Waals surface area contributed by atoms with E-state index in [2.05, 4.69) is 63.8 Å². The molecule has 2 aromatic heterocycles. The van der Waals surface area contributed by atoms with Crippen LogP contribution in [0.5, 0.6) is 0 Å². The van der Waals surface area contributed by atoms with E-state index >= 15 is 0 Å². The molecule has 0 radical (unpaired) electrons. The highest BCUT2D eigenvalue weighted by atomic mass is 127. The highest BCUT2D eigenvalue weighted by molar-refractivity contribution is 14.0. The van der Waals surface area contributed by atoms with E-state index in [-0.39, 0.29) is 24.0 Å². The average molecular weight is 486 g/mol. The zero-order chi connectivity index (χ0) is 18.9. The molecule has 0 bridgehead atoms. The highest BCUT2D eigenvalue weighted by Gasteiger charge is 2.12. The molecule has 7 heteroatoms. The number of aliphatic imine (C=N–C) groups is 1. The molecule has 152 valence electrons. The van der Waals surface area contributed by atoms with Crippen molar-refractivity contribution in [3.8, 4) is 0 Å². The Bertz CT molecular complexity index is 654. The number of nitrogens with zero attached hydrogens (tertiary/aromatic N) is 4. The van der Waals surface area contributed by atoms with Gasteiger partial charge in [-0.15, -0.1) is 24.0 Å². The fourth-order valence-electron chi connectivity index (χ4n) is 3.22. The molecule has 0 spiro atoms. The molecule has 27 heavy (non-hydrogen) atoms. The number of imidazole rings is 1. The summed E-state index contributed by atoms with van der Waals surface area (Å²) in [6.45, 7) is 11.9. The van der Waals surface area contributed by atoms with Gasteiger partial charge in [0.25, 0.3) is 0 Å².